The summed E-state index contributed by atoms with van der Waals surface area (Å²) >= 11 is 0. The van der Waals surface area contributed by atoms with Crippen LogP contribution >= 0.6 is 0 Å². The summed E-state index contributed by atoms with van der Waals surface area (Å²) in [5, 5.41) is 0. The average Bonchev–Trinajstić information content (AvgIpc) is 2.60. The maximum atomic E-state index is 13.0. The van der Waals surface area contributed by atoms with E-state index in [1.807, 2.05) is 6.92 Å². The van der Waals surface area contributed by atoms with Gasteiger partial charge in [0.05, 0.1) is 17.7 Å². The standard InChI is InChI=1S/C20H20F6O/c1-3-4-9-27-18-7-5-14(6-8-18)13(2)15-10-16(19(21,22)23)12-17(11-15)20(24,25)26/h5-8,10-13H,3-4,9H2,1-2H3. The Morgan fingerprint density at radius 1 is 0.815 bits per heavy atom. The van der Waals surface area contributed by atoms with Crippen molar-refractivity contribution in [1.29, 1.82) is 0 Å². The van der Waals surface area contributed by atoms with E-state index in [9.17, 15) is 26.3 Å². The van der Waals surface area contributed by atoms with Crippen LogP contribution in [-0.4, -0.2) is 6.61 Å². The minimum absolute atomic E-state index is 0.0446. The van der Waals surface area contributed by atoms with Crippen molar-refractivity contribution in [3.8, 4) is 5.75 Å². The first-order chi connectivity index (χ1) is 12.5. The van der Waals surface area contributed by atoms with E-state index in [4.69, 9.17) is 4.74 Å². The van der Waals surface area contributed by atoms with Gasteiger partial charge in [-0.2, -0.15) is 26.3 Å². The van der Waals surface area contributed by atoms with E-state index in [2.05, 4.69) is 0 Å². The maximum absolute atomic E-state index is 13.0. The van der Waals surface area contributed by atoms with Gasteiger partial charge in [-0.05, 0) is 47.9 Å². The Labute approximate surface area is 154 Å². The van der Waals surface area contributed by atoms with Crippen molar-refractivity contribution in [2.75, 3.05) is 6.61 Å². The van der Waals surface area contributed by atoms with Crippen LogP contribution in [0.15, 0.2) is 42.5 Å². The van der Waals surface area contributed by atoms with Crippen LogP contribution < -0.4 is 4.74 Å². The molecule has 0 saturated carbocycles. The van der Waals surface area contributed by atoms with Gasteiger partial charge < -0.3 is 4.74 Å². The van der Waals surface area contributed by atoms with Gasteiger partial charge in [0.15, 0.2) is 0 Å². The van der Waals surface area contributed by atoms with Gasteiger partial charge in [-0.1, -0.05) is 32.4 Å². The molecule has 0 bridgehead atoms. The number of unbranched alkanes of at least 4 members (excludes halogenated alkanes) is 1. The highest BCUT2D eigenvalue weighted by Gasteiger charge is 2.37. The molecule has 1 nitrogen and oxygen atoms in total. The van der Waals surface area contributed by atoms with E-state index >= 15 is 0 Å². The highest BCUT2D eigenvalue weighted by Crippen LogP contribution is 2.38. The van der Waals surface area contributed by atoms with Crippen molar-refractivity contribution in [3.63, 3.8) is 0 Å². The average molecular weight is 390 g/mol. The number of rotatable bonds is 6. The van der Waals surface area contributed by atoms with E-state index in [1.165, 1.54) is 0 Å². The van der Waals surface area contributed by atoms with Gasteiger partial charge in [0.1, 0.15) is 5.75 Å². The molecule has 1 atom stereocenters. The zero-order valence-corrected chi connectivity index (χ0v) is 14.9. The van der Waals surface area contributed by atoms with Crippen LogP contribution in [0, 0.1) is 0 Å². The molecular weight excluding hydrogens is 370 g/mol. The van der Waals surface area contributed by atoms with Crippen molar-refractivity contribution in [3.05, 3.63) is 64.7 Å². The van der Waals surface area contributed by atoms with E-state index in [-0.39, 0.29) is 11.6 Å². The van der Waals surface area contributed by atoms with Crippen LogP contribution in [0.3, 0.4) is 0 Å². The Kier molecular flexibility index (Phi) is 6.44. The van der Waals surface area contributed by atoms with Crippen LogP contribution in [0.2, 0.25) is 0 Å². The minimum Gasteiger partial charge on any atom is -0.494 e. The molecule has 0 heterocycles. The second-order valence-corrected chi connectivity index (χ2v) is 6.33. The summed E-state index contributed by atoms with van der Waals surface area (Å²) in [5.41, 5.74) is -2.06. The highest BCUT2D eigenvalue weighted by molar-refractivity contribution is 5.40. The molecule has 0 aliphatic heterocycles. The summed E-state index contributed by atoms with van der Waals surface area (Å²) in [6.45, 7) is 4.15. The Hall–Kier alpha value is -2.18. The summed E-state index contributed by atoms with van der Waals surface area (Å²) in [7, 11) is 0. The molecule has 2 aromatic carbocycles. The highest BCUT2D eigenvalue weighted by atomic mass is 19.4. The molecule has 0 saturated heterocycles. The van der Waals surface area contributed by atoms with Gasteiger partial charge in [0.25, 0.3) is 0 Å². The van der Waals surface area contributed by atoms with Gasteiger partial charge in [-0.25, -0.2) is 0 Å². The Balaban J connectivity index is 2.33. The van der Waals surface area contributed by atoms with Crippen LogP contribution in [0.5, 0.6) is 5.75 Å². The van der Waals surface area contributed by atoms with Gasteiger partial charge in [-0.15, -0.1) is 0 Å². The molecule has 0 spiro atoms. The lowest BCUT2D eigenvalue weighted by Crippen LogP contribution is -2.12. The van der Waals surface area contributed by atoms with E-state index < -0.39 is 29.4 Å². The third kappa shape index (κ3) is 5.65. The molecule has 0 fully saturated rings. The van der Waals surface area contributed by atoms with Crippen molar-refractivity contribution in [1.82, 2.24) is 0 Å². The van der Waals surface area contributed by atoms with Gasteiger partial charge in [0, 0.05) is 5.92 Å². The first-order valence-corrected chi connectivity index (χ1v) is 8.54. The van der Waals surface area contributed by atoms with Gasteiger partial charge in [-0.3, -0.25) is 0 Å². The number of alkyl halides is 6. The molecule has 0 aromatic heterocycles. The Morgan fingerprint density at radius 3 is 1.78 bits per heavy atom. The Bertz CT molecular complexity index is 714. The molecule has 0 N–H and O–H groups in total. The molecule has 0 aliphatic rings. The molecule has 7 heteroatoms. The fourth-order valence-electron chi connectivity index (χ4n) is 2.61. The smallest absolute Gasteiger partial charge is 0.416 e. The van der Waals surface area contributed by atoms with E-state index in [1.54, 1.807) is 31.2 Å². The third-order valence-electron chi connectivity index (χ3n) is 4.26. The SMILES string of the molecule is CCCCOc1ccc(C(C)c2cc(C(F)(F)F)cc(C(F)(F)F)c2)cc1. The maximum Gasteiger partial charge on any atom is 0.416 e. The predicted molar refractivity (Wildman–Crippen MR) is 90.8 cm³/mol. The van der Waals surface area contributed by atoms with E-state index in [0.29, 0.717) is 17.9 Å². The van der Waals surface area contributed by atoms with E-state index in [0.717, 1.165) is 25.0 Å². The van der Waals surface area contributed by atoms with Gasteiger partial charge in [0.2, 0.25) is 0 Å². The zero-order valence-electron chi connectivity index (χ0n) is 14.9. The normalized spacial score (nSPS) is 13.5. The zero-order chi connectivity index (χ0) is 20.2. The van der Waals surface area contributed by atoms with Crippen molar-refractivity contribution in [2.24, 2.45) is 0 Å². The van der Waals surface area contributed by atoms with Crippen molar-refractivity contribution < 1.29 is 31.1 Å². The van der Waals surface area contributed by atoms with Crippen molar-refractivity contribution in [2.45, 2.75) is 45.0 Å². The fourth-order valence-corrected chi connectivity index (χ4v) is 2.61. The third-order valence-corrected chi connectivity index (χ3v) is 4.26. The number of halogens is 6. The number of hydrogen-bond acceptors (Lipinski definition) is 1. The van der Waals surface area contributed by atoms with Crippen LogP contribution in [0.4, 0.5) is 26.3 Å². The summed E-state index contributed by atoms with van der Waals surface area (Å²) in [6.07, 6.45) is -7.84. The quantitative estimate of drug-likeness (QED) is 0.379. The summed E-state index contributed by atoms with van der Waals surface area (Å²) in [6, 6.07) is 8.32. The molecule has 0 radical (unpaired) electrons. The second-order valence-electron chi connectivity index (χ2n) is 6.33. The molecule has 0 amide bonds. The summed E-state index contributed by atoms with van der Waals surface area (Å²) in [4.78, 5) is 0. The number of hydrogen-bond donors (Lipinski definition) is 0. The number of ether oxygens (including phenoxy) is 1. The molecule has 27 heavy (non-hydrogen) atoms. The largest absolute Gasteiger partial charge is 0.494 e. The minimum atomic E-state index is -4.85. The second kappa shape index (κ2) is 8.23. The molecule has 0 aliphatic carbocycles. The molecule has 1 unspecified atom stereocenters. The van der Waals surface area contributed by atoms with Crippen LogP contribution in [0.25, 0.3) is 0 Å². The fraction of sp³-hybridized carbons (Fsp3) is 0.400. The van der Waals surface area contributed by atoms with Gasteiger partial charge >= 0.3 is 12.4 Å². The molecular formula is C20H20F6O. The topological polar surface area (TPSA) is 9.23 Å². The Morgan fingerprint density at radius 2 is 1.33 bits per heavy atom. The molecule has 2 aromatic rings. The van der Waals surface area contributed by atoms with Crippen LogP contribution in [0.1, 0.15) is 54.9 Å². The lowest BCUT2D eigenvalue weighted by Gasteiger charge is -2.18. The first kappa shape index (κ1) is 21.1. The lowest BCUT2D eigenvalue weighted by molar-refractivity contribution is -0.143. The van der Waals surface area contributed by atoms with Crippen molar-refractivity contribution >= 4 is 0 Å². The number of benzene rings is 2. The first-order valence-electron chi connectivity index (χ1n) is 8.54. The molecule has 2 rings (SSSR count). The van der Waals surface area contributed by atoms with Crippen LogP contribution in [-0.2, 0) is 12.4 Å². The summed E-state index contributed by atoms with van der Waals surface area (Å²) < 4.78 is 83.6. The monoisotopic (exact) mass is 390 g/mol. The predicted octanol–water partition coefficient (Wildman–Crippen LogP) is 7.05. The summed E-state index contributed by atoms with van der Waals surface area (Å²) in [5.74, 6) is -0.0301. The molecule has 148 valence electrons. The lowest BCUT2D eigenvalue weighted by atomic mass is 9.90.